The van der Waals surface area contributed by atoms with Crippen molar-refractivity contribution in [3.8, 4) is 0 Å². The molecule has 2 rings (SSSR count). The number of aliphatic hydroxyl groups is 1. The Kier molecular flexibility index (Phi) is 3.71. The average Bonchev–Trinajstić information content (AvgIpc) is 2.37. The maximum absolute atomic E-state index is 10.3. The number of benzene rings is 1. The third-order valence-corrected chi connectivity index (χ3v) is 2.95. The van der Waals surface area contributed by atoms with Crippen LogP contribution in [0.5, 0.6) is 0 Å². The highest BCUT2D eigenvalue weighted by molar-refractivity contribution is 5.81. The van der Waals surface area contributed by atoms with Crippen LogP contribution in [0.4, 0.5) is 0 Å². The molecule has 2 aromatic rings. The number of methoxy groups -OCH3 is 1. The van der Waals surface area contributed by atoms with E-state index in [1.165, 1.54) is 0 Å². The normalized spacial score (nSPS) is 14.8. The van der Waals surface area contributed by atoms with Crippen molar-refractivity contribution >= 4 is 10.9 Å². The molecule has 17 heavy (non-hydrogen) atoms. The van der Waals surface area contributed by atoms with Crippen LogP contribution < -0.4 is 0 Å². The van der Waals surface area contributed by atoms with Crippen molar-refractivity contribution in [1.29, 1.82) is 0 Å². The zero-order valence-electron chi connectivity index (χ0n) is 10.1. The molecule has 0 aliphatic carbocycles. The Balaban J connectivity index is 2.41. The minimum Gasteiger partial charge on any atom is -0.388 e. The fraction of sp³-hybridized carbons (Fsp3) is 0.357. The standard InChI is InChI=1S/C14H17NO2/c1-10(9-17-2)14(16)12-7-3-5-11-6-4-8-15-13(11)12/h3-8,10,14,16H,9H2,1-2H3. The quantitative estimate of drug-likeness (QED) is 0.879. The molecule has 0 amide bonds. The largest absolute Gasteiger partial charge is 0.388 e. The topological polar surface area (TPSA) is 42.4 Å². The molecule has 0 saturated carbocycles. The summed E-state index contributed by atoms with van der Waals surface area (Å²) in [5.41, 5.74) is 1.73. The van der Waals surface area contributed by atoms with Gasteiger partial charge in [0.25, 0.3) is 0 Å². The lowest BCUT2D eigenvalue weighted by molar-refractivity contribution is 0.0574. The van der Waals surface area contributed by atoms with Gasteiger partial charge in [-0.3, -0.25) is 4.98 Å². The Morgan fingerprint density at radius 2 is 2.06 bits per heavy atom. The van der Waals surface area contributed by atoms with Gasteiger partial charge in [-0.15, -0.1) is 0 Å². The van der Waals surface area contributed by atoms with Crippen molar-refractivity contribution in [3.05, 3.63) is 42.1 Å². The molecule has 0 saturated heterocycles. The number of hydrogen-bond donors (Lipinski definition) is 1. The van der Waals surface area contributed by atoms with Crippen LogP contribution in [-0.2, 0) is 4.74 Å². The third kappa shape index (κ3) is 2.46. The maximum atomic E-state index is 10.3. The smallest absolute Gasteiger partial charge is 0.0858 e. The molecular formula is C14H17NO2. The van der Waals surface area contributed by atoms with Gasteiger partial charge in [0.05, 0.1) is 18.2 Å². The lowest BCUT2D eigenvalue weighted by Crippen LogP contribution is -2.15. The number of fused-ring (bicyclic) bond motifs is 1. The van der Waals surface area contributed by atoms with Gasteiger partial charge in [0.1, 0.15) is 0 Å². The SMILES string of the molecule is COCC(C)C(O)c1cccc2cccnc12. The molecule has 0 radical (unpaired) electrons. The van der Waals surface area contributed by atoms with E-state index in [0.29, 0.717) is 6.61 Å². The Labute approximate surface area is 101 Å². The van der Waals surface area contributed by atoms with Crippen molar-refractivity contribution in [2.75, 3.05) is 13.7 Å². The summed E-state index contributed by atoms with van der Waals surface area (Å²) in [5, 5.41) is 11.3. The fourth-order valence-electron chi connectivity index (χ4n) is 2.03. The molecule has 0 aliphatic heterocycles. The van der Waals surface area contributed by atoms with Crippen molar-refractivity contribution in [1.82, 2.24) is 4.98 Å². The lowest BCUT2D eigenvalue weighted by Gasteiger charge is -2.19. The van der Waals surface area contributed by atoms with Gasteiger partial charge in [-0.1, -0.05) is 31.2 Å². The van der Waals surface area contributed by atoms with Crippen LogP contribution in [0, 0.1) is 5.92 Å². The Bertz CT molecular complexity index is 493. The van der Waals surface area contributed by atoms with Crippen LogP contribution in [0.25, 0.3) is 10.9 Å². The van der Waals surface area contributed by atoms with Gasteiger partial charge in [0, 0.05) is 30.2 Å². The second-order valence-corrected chi connectivity index (χ2v) is 4.30. The first-order valence-electron chi connectivity index (χ1n) is 5.74. The zero-order valence-corrected chi connectivity index (χ0v) is 10.1. The van der Waals surface area contributed by atoms with E-state index in [2.05, 4.69) is 4.98 Å². The second kappa shape index (κ2) is 5.25. The minimum absolute atomic E-state index is 0.0487. The van der Waals surface area contributed by atoms with Crippen molar-refractivity contribution < 1.29 is 9.84 Å². The number of rotatable bonds is 4. The first-order chi connectivity index (χ1) is 8.24. The van der Waals surface area contributed by atoms with Crippen LogP contribution in [0.2, 0.25) is 0 Å². The van der Waals surface area contributed by atoms with E-state index in [1.54, 1.807) is 13.3 Å². The van der Waals surface area contributed by atoms with E-state index in [1.807, 2.05) is 37.3 Å². The molecule has 3 heteroatoms. The summed E-state index contributed by atoms with van der Waals surface area (Å²) >= 11 is 0. The number of aliphatic hydroxyl groups excluding tert-OH is 1. The number of hydrogen-bond acceptors (Lipinski definition) is 3. The number of ether oxygens (including phenoxy) is 1. The molecule has 0 bridgehead atoms. The highest BCUT2D eigenvalue weighted by Crippen LogP contribution is 2.27. The van der Waals surface area contributed by atoms with Gasteiger partial charge < -0.3 is 9.84 Å². The summed E-state index contributed by atoms with van der Waals surface area (Å²) in [6.07, 6.45) is 1.20. The number of para-hydroxylation sites is 1. The Hall–Kier alpha value is -1.45. The van der Waals surface area contributed by atoms with Gasteiger partial charge >= 0.3 is 0 Å². The molecule has 90 valence electrons. The summed E-state index contributed by atoms with van der Waals surface area (Å²) in [4.78, 5) is 4.34. The molecule has 2 unspecified atom stereocenters. The summed E-state index contributed by atoms with van der Waals surface area (Å²) in [6, 6.07) is 9.77. The minimum atomic E-state index is -0.548. The molecule has 0 aliphatic rings. The summed E-state index contributed by atoms with van der Waals surface area (Å²) in [6.45, 7) is 2.50. The average molecular weight is 231 g/mol. The molecule has 2 atom stereocenters. The van der Waals surface area contributed by atoms with Gasteiger partial charge in [-0.2, -0.15) is 0 Å². The predicted molar refractivity (Wildman–Crippen MR) is 67.7 cm³/mol. The first-order valence-corrected chi connectivity index (χ1v) is 5.74. The highest BCUT2D eigenvalue weighted by Gasteiger charge is 2.18. The van der Waals surface area contributed by atoms with Gasteiger partial charge in [-0.25, -0.2) is 0 Å². The van der Waals surface area contributed by atoms with Crippen LogP contribution in [0.3, 0.4) is 0 Å². The lowest BCUT2D eigenvalue weighted by atomic mass is 9.96. The van der Waals surface area contributed by atoms with E-state index in [0.717, 1.165) is 16.5 Å². The molecule has 1 aromatic carbocycles. The summed E-state index contributed by atoms with van der Waals surface area (Å²) in [7, 11) is 1.64. The molecule has 3 nitrogen and oxygen atoms in total. The molecule has 1 aromatic heterocycles. The fourth-order valence-corrected chi connectivity index (χ4v) is 2.03. The van der Waals surface area contributed by atoms with Gasteiger partial charge in [0.15, 0.2) is 0 Å². The van der Waals surface area contributed by atoms with Gasteiger partial charge in [-0.05, 0) is 6.07 Å². The number of nitrogens with zero attached hydrogens (tertiary/aromatic N) is 1. The van der Waals surface area contributed by atoms with E-state index >= 15 is 0 Å². The first kappa shape index (κ1) is 12.0. The van der Waals surface area contributed by atoms with E-state index in [4.69, 9.17) is 4.74 Å². The van der Waals surface area contributed by atoms with E-state index < -0.39 is 6.10 Å². The summed E-state index contributed by atoms with van der Waals surface area (Å²) in [5.74, 6) is 0.0487. The summed E-state index contributed by atoms with van der Waals surface area (Å²) < 4.78 is 5.08. The second-order valence-electron chi connectivity index (χ2n) is 4.30. The highest BCUT2D eigenvalue weighted by atomic mass is 16.5. The molecular weight excluding hydrogens is 214 g/mol. The number of aromatic nitrogens is 1. The van der Waals surface area contributed by atoms with Crippen LogP contribution >= 0.6 is 0 Å². The monoisotopic (exact) mass is 231 g/mol. The molecule has 0 spiro atoms. The van der Waals surface area contributed by atoms with Crippen LogP contribution in [-0.4, -0.2) is 23.8 Å². The molecule has 1 heterocycles. The van der Waals surface area contributed by atoms with Crippen LogP contribution in [0.15, 0.2) is 36.5 Å². The molecule has 1 N–H and O–H groups in total. The van der Waals surface area contributed by atoms with Crippen molar-refractivity contribution in [2.45, 2.75) is 13.0 Å². The third-order valence-electron chi connectivity index (χ3n) is 2.95. The van der Waals surface area contributed by atoms with E-state index in [9.17, 15) is 5.11 Å². The predicted octanol–water partition coefficient (Wildman–Crippen LogP) is 2.55. The molecule has 0 fully saturated rings. The Morgan fingerprint density at radius 3 is 2.82 bits per heavy atom. The maximum Gasteiger partial charge on any atom is 0.0858 e. The van der Waals surface area contributed by atoms with Crippen LogP contribution in [0.1, 0.15) is 18.6 Å². The van der Waals surface area contributed by atoms with E-state index in [-0.39, 0.29) is 5.92 Å². The van der Waals surface area contributed by atoms with Crippen molar-refractivity contribution in [2.24, 2.45) is 5.92 Å². The van der Waals surface area contributed by atoms with Crippen molar-refractivity contribution in [3.63, 3.8) is 0 Å². The van der Waals surface area contributed by atoms with Gasteiger partial charge in [0.2, 0.25) is 0 Å². The number of pyridine rings is 1. The zero-order chi connectivity index (χ0) is 12.3. The Morgan fingerprint density at radius 1 is 1.29 bits per heavy atom.